The van der Waals surface area contributed by atoms with Gasteiger partial charge in [0.15, 0.2) is 0 Å². The average Bonchev–Trinajstić information content (AvgIpc) is 2.63. The van der Waals surface area contributed by atoms with E-state index in [1.165, 1.54) is 0 Å². The van der Waals surface area contributed by atoms with E-state index in [-0.39, 0.29) is 6.04 Å². The van der Waals surface area contributed by atoms with Crippen LogP contribution >= 0.6 is 0 Å². The second kappa shape index (κ2) is 4.78. The Bertz CT molecular complexity index is 378. The second-order valence-electron chi connectivity index (χ2n) is 5.33. The fourth-order valence-electron chi connectivity index (χ4n) is 2.71. The van der Waals surface area contributed by atoms with Crippen LogP contribution in [0.3, 0.4) is 0 Å². The van der Waals surface area contributed by atoms with Crippen molar-refractivity contribution in [2.45, 2.75) is 64.1 Å². The third-order valence-corrected chi connectivity index (χ3v) is 3.76. The van der Waals surface area contributed by atoms with Crippen molar-refractivity contribution >= 4 is 0 Å². The quantitative estimate of drug-likeness (QED) is 0.835. The van der Waals surface area contributed by atoms with Crippen LogP contribution in [0.15, 0.2) is 6.07 Å². The first-order valence-electron chi connectivity index (χ1n) is 6.54. The molecule has 1 saturated carbocycles. The summed E-state index contributed by atoms with van der Waals surface area (Å²) in [6.07, 6.45) is 4.17. The predicted molar refractivity (Wildman–Crippen MR) is 67.7 cm³/mol. The lowest BCUT2D eigenvalue weighted by Gasteiger charge is -2.34. The summed E-state index contributed by atoms with van der Waals surface area (Å²) in [7, 11) is 0. The molecule has 0 aliphatic heterocycles. The van der Waals surface area contributed by atoms with Crippen LogP contribution in [0.2, 0.25) is 0 Å². The zero-order chi connectivity index (χ0) is 12.5. The molecule has 0 atom stereocenters. The van der Waals surface area contributed by atoms with E-state index in [0.717, 1.165) is 43.6 Å². The van der Waals surface area contributed by atoms with E-state index in [4.69, 9.17) is 5.73 Å². The molecule has 0 aromatic carbocycles. The number of nitrogens with two attached hydrogens (primary N) is 1. The van der Waals surface area contributed by atoms with E-state index < -0.39 is 5.60 Å². The van der Waals surface area contributed by atoms with E-state index >= 15 is 0 Å². The highest BCUT2D eigenvalue weighted by molar-refractivity contribution is 5.12. The summed E-state index contributed by atoms with van der Waals surface area (Å²) >= 11 is 0. The van der Waals surface area contributed by atoms with Gasteiger partial charge in [-0.3, -0.25) is 4.68 Å². The van der Waals surface area contributed by atoms with Gasteiger partial charge in [0.2, 0.25) is 0 Å². The van der Waals surface area contributed by atoms with Crippen molar-refractivity contribution in [3.05, 3.63) is 17.5 Å². The Kier molecular flexibility index (Phi) is 3.54. The van der Waals surface area contributed by atoms with Gasteiger partial charge in [-0.15, -0.1) is 0 Å². The SMILES string of the molecule is CCn1nc(C)cc1CC1(O)CCC(N)CC1. The zero-order valence-corrected chi connectivity index (χ0v) is 10.8. The van der Waals surface area contributed by atoms with Gasteiger partial charge in [-0.25, -0.2) is 0 Å². The summed E-state index contributed by atoms with van der Waals surface area (Å²) in [5, 5.41) is 15.0. The number of hydrogen-bond donors (Lipinski definition) is 2. The van der Waals surface area contributed by atoms with Crippen LogP contribution in [-0.2, 0) is 13.0 Å². The lowest BCUT2D eigenvalue weighted by Crippen LogP contribution is -2.40. The van der Waals surface area contributed by atoms with Crippen molar-refractivity contribution in [3.63, 3.8) is 0 Å². The van der Waals surface area contributed by atoms with Crippen LogP contribution in [0.25, 0.3) is 0 Å². The molecular formula is C13H23N3O. The van der Waals surface area contributed by atoms with Crippen molar-refractivity contribution in [1.82, 2.24) is 9.78 Å². The topological polar surface area (TPSA) is 64.1 Å². The fraction of sp³-hybridized carbons (Fsp3) is 0.769. The highest BCUT2D eigenvalue weighted by Crippen LogP contribution is 2.30. The number of aromatic nitrogens is 2. The lowest BCUT2D eigenvalue weighted by molar-refractivity contribution is -0.00144. The smallest absolute Gasteiger partial charge is 0.0704 e. The Balaban J connectivity index is 2.09. The van der Waals surface area contributed by atoms with Crippen LogP contribution in [0.5, 0.6) is 0 Å². The van der Waals surface area contributed by atoms with Gasteiger partial charge in [0.05, 0.1) is 11.3 Å². The summed E-state index contributed by atoms with van der Waals surface area (Å²) < 4.78 is 1.99. The molecule has 0 spiro atoms. The predicted octanol–water partition coefficient (Wildman–Crippen LogP) is 1.39. The third kappa shape index (κ3) is 2.87. The first-order chi connectivity index (χ1) is 8.02. The largest absolute Gasteiger partial charge is 0.389 e. The molecule has 1 heterocycles. The fourth-order valence-corrected chi connectivity index (χ4v) is 2.71. The Labute approximate surface area is 103 Å². The van der Waals surface area contributed by atoms with E-state index in [2.05, 4.69) is 18.1 Å². The number of nitrogens with zero attached hydrogens (tertiary/aromatic N) is 2. The highest BCUT2D eigenvalue weighted by atomic mass is 16.3. The summed E-state index contributed by atoms with van der Waals surface area (Å²) in [5.74, 6) is 0. The molecule has 1 aromatic rings. The maximum atomic E-state index is 10.6. The minimum atomic E-state index is -0.574. The molecule has 2 rings (SSSR count). The molecule has 4 nitrogen and oxygen atoms in total. The van der Waals surface area contributed by atoms with Crippen LogP contribution in [0.4, 0.5) is 0 Å². The molecule has 1 aromatic heterocycles. The maximum absolute atomic E-state index is 10.6. The summed E-state index contributed by atoms with van der Waals surface area (Å²) in [6, 6.07) is 2.35. The average molecular weight is 237 g/mol. The molecular weight excluding hydrogens is 214 g/mol. The van der Waals surface area contributed by atoms with Crippen molar-refractivity contribution in [3.8, 4) is 0 Å². The first-order valence-corrected chi connectivity index (χ1v) is 6.54. The number of hydrogen-bond acceptors (Lipinski definition) is 3. The molecule has 0 unspecified atom stereocenters. The normalized spacial score (nSPS) is 29.5. The molecule has 0 radical (unpaired) electrons. The molecule has 0 saturated heterocycles. The van der Waals surface area contributed by atoms with E-state index in [1.54, 1.807) is 0 Å². The van der Waals surface area contributed by atoms with Crippen molar-refractivity contribution in [1.29, 1.82) is 0 Å². The number of aryl methyl sites for hydroxylation is 2. The lowest BCUT2D eigenvalue weighted by atomic mass is 9.79. The molecule has 3 N–H and O–H groups in total. The van der Waals surface area contributed by atoms with Gasteiger partial charge in [0, 0.05) is 24.7 Å². The van der Waals surface area contributed by atoms with Gasteiger partial charge in [0.1, 0.15) is 0 Å². The summed E-state index contributed by atoms with van der Waals surface area (Å²) in [5.41, 5.74) is 7.47. The summed E-state index contributed by atoms with van der Waals surface area (Å²) in [6.45, 7) is 4.94. The van der Waals surface area contributed by atoms with Crippen molar-refractivity contribution < 1.29 is 5.11 Å². The molecule has 4 heteroatoms. The Morgan fingerprint density at radius 2 is 2.18 bits per heavy atom. The zero-order valence-electron chi connectivity index (χ0n) is 10.8. The van der Waals surface area contributed by atoms with Gasteiger partial charge < -0.3 is 10.8 Å². The Morgan fingerprint density at radius 3 is 2.76 bits per heavy atom. The van der Waals surface area contributed by atoms with Gasteiger partial charge in [-0.1, -0.05) is 0 Å². The van der Waals surface area contributed by atoms with Crippen LogP contribution in [-0.4, -0.2) is 26.5 Å². The van der Waals surface area contributed by atoms with E-state index in [9.17, 15) is 5.11 Å². The minimum absolute atomic E-state index is 0.271. The molecule has 0 bridgehead atoms. The molecule has 17 heavy (non-hydrogen) atoms. The minimum Gasteiger partial charge on any atom is -0.389 e. The van der Waals surface area contributed by atoms with E-state index in [1.807, 2.05) is 11.6 Å². The molecule has 1 aliphatic rings. The van der Waals surface area contributed by atoms with Gasteiger partial charge in [0.25, 0.3) is 0 Å². The van der Waals surface area contributed by atoms with Crippen molar-refractivity contribution in [2.75, 3.05) is 0 Å². The maximum Gasteiger partial charge on any atom is 0.0704 e. The molecule has 0 amide bonds. The number of aliphatic hydroxyl groups is 1. The molecule has 1 aliphatic carbocycles. The van der Waals surface area contributed by atoms with Crippen LogP contribution < -0.4 is 5.73 Å². The Morgan fingerprint density at radius 1 is 1.53 bits per heavy atom. The van der Waals surface area contributed by atoms with Gasteiger partial charge >= 0.3 is 0 Å². The molecule has 1 fully saturated rings. The van der Waals surface area contributed by atoms with Crippen molar-refractivity contribution in [2.24, 2.45) is 5.73 Å². The monoisotopic (exact) mass is 237 g/mol. The standard InChI is InChI=1S/C13H23N3O/c1-3-16-12(8-10(2)15-16)9-13(17)6-4-11(14)5-7-13/h8,11,17H,3-7,9,14H2,1-2H3. The van der Waals surface area contributed by atoms with Gasteiger partial charge in [-0.05, 0) is 45.6 Å². The van der Waals surface area contributed by atoms with Crippen LogP contribution in [0.1, 0.15) is 44.0 Å². The molecule has 96 valence electrons. The van der Waals surface area contributed by atoms with Gasteiger partial charge in [-0.2, -0.15) is 5.10 Å². The third-order valence-electron chi connectivity index (χ3n) is 3.76. The number of rotatable bonds is 3. The van der Waals surface area contributed by atoms with Crippen LogP contribution in [0, 0.1) is 6.92 Å². The second-order valence-corrected chi connectivity index (χ2v) is 5.33. The summed E-state index contributed by atoms with van der Waals surface area (Å²) in [4.78, 5) is 0. The Hall–Kier alpha value is -0.870. The first kappa shape index (κ1) is 12.6. The van der Waals surface area contributed by atoms with E-state index in [0.29, 0.717) is 6.42 Å². The highest BCUT2D eigenvalue weighted by Gasteiger charge is 2.33.